The second kappa shape index (κ2) is 8.10. The predicted molar refractivity (Wildman–Crippen MR) is 109 cm³/mol. The van der Waals surface area contributed by atoms with Crippen molar-refractivity contribution in [2.45, 2.75) is 24.2 Å². The van der Waals surface area contributed by atoms with E-state index in [9.17, 15) is 5.11 Å². The van der Waals surface area contributed by atoms with Crippen molar-refractivity contribution in [3.8, 4) is 11.5 Å². The van der Waals surface area contributed by atoms with E-state index in [2.05, 4.69) is 27.8 Å². The van der Waals surface area contributed by atoms with Crippen LogP contribution < -0.4 is 20.1 Å². The molecule has 0 radical (unpaired) electrons. The Hall–Kier alpha value is -2.73. The molecule has 0 saturated heterocycles. The van der Waals surface area contributed by atoms with Gasteiger partial charge in [-0.3, -0.25) is 4.99 Å². The third-order valence-corrected chi connectivity index (χ3v) is 5.66. The van der Waals surface area contributed by atoms with E-state index in [-0.39, 0.29) is 17.9 Å². The van der Waals surface area contributed by atoms with Crippen molar-refractivity contribution in [3.63, 3.8) is 0 Å². The van der Waals surface area contributed by atoms with Gasteiger partial charge in [-0.1, -0.05) is 36.4 Å². The maximum absolute atomic E-state index is 9.74. The highest BCUT2D eigenvalue weighted by molar-refractivity contribution is 5.80. The van der Waals surface area contributed by atoms with Gasteiger partial charge in [0, 0.05) is 31.5 Å². The van der Waals surface area contributed by atoms with Crippen molar-refractivity contribution < 1.29 is 14.6 Å². The third kappa shape index (κ3) is 3.92. The number of benzene rings is 2. The minimum atomic E-state index is 0.0310. The first-order chi connectivity index (χ1) is 13.7. The minimum Gasteiger partial charge on any atom is -0.454 e. The van der Waals surface area contributed by atoms with Gasteiger partial charge in [0.05, 0.1) is 6.61 Å². The molecule has 4 rings (SSSR count). The minimum absolute atomic E-state index is 0.0310. The molecular formula is C22H27N3O3. The summed E-state index contributed by atoms with van der Waals surface area (Å²) in [5.41, 5.74) is 2.51. The molecule has 1 unspecified atom stereocenters. The maximum atomic E-state index is 9.74. The smallest absolute Gasteiger partial charge is 0.231 e. The number of aliphatic imine (C=N–C) groups is 1. The van der Waals surface area contributed by atoms with Gasteiger partial charge in [-0.15, -0.1) is 0 Å². The average Bonchev–Trinajstić information content (AvgIpc) is 3.39. The highest BCUT2D eigenvalue weighted by atomic mass is 16.7. The van der Waals surface area contributed by atoms with Crippen LogP contribution in [0.1, 0.15) is 29.9 Å². The second-order valence-corrected chi connectivity index (χ2v) is 7.45. The molecule has 6 nitrogen and oxygen atoms in total. The Morgan fingerprint density at radius 3 is 2.61 bits per heavy atom. The number of hydrogen-bond donors (Lipinski definition) is 3. The molecule has 0 spiro atoms. The molecule has 1 fully saturated rings. The van der Waals surface area contributed by atoms with E-state index in [0.29, 0.717) is 13.3 Å². The van der Waals surface area contributed by atoms with Crippen LogP contribution >= 0.6 is 0 Å². The van der Waals surface area contributed by atoms with Crippen LogP contribution in [0, 0.1) is 0 Å². The SMILES string of the molecule is CN=C(NCC(CO)c1ccccc1)NCC1(c2ccc3c(c2)OCO3)CC1. The number of hydrogen-bond acceptors (Lipinski definition) is 4. The lowest BCUT2D eigenvalue weighted by molar-refractivity contribution is 0.174. The van der Waals surface area contributed by atoms with Gasteiger partial charge in [-0.2, -0.15) is 0 Å². The van der Waals surface area contributed by atoms with E-state index in [4.69, 9.17) is 9.47 Å². The topological polar surface area (TPSA) is 75.1 Å². The Morgan fingerprint density at radius 2 is 1.89 bits per heavy atom. The number of nitrogens with zero attached hydrogens (tertiary/aromatic N) is 1. The number of ether oxygens (including phenoxy) is 2. The molecule has 1 heterocycles. The fourth-order valence-electron chi connectivity index (χ4n) is 3.65. The molecule has 148 valence electrons. The zero-order valence-corrected chi connectivity index (χ0v) is 16.1. The summed E-state index contributed by atoms with van der Waals surface area (Å²) in [5, 5.41) is 16.5. The zero-order valence-electron chi connectivity index (χ0n) is 16.1. The summed E-state index contributed by atoms with van der Waals surface area (Å²) >= 11 is 0. The van der Waals surface area contributed by atoms with Crippen LogP contribution in [-0.4, -0.2) is 44.6 Å². The normalized spacial score (nSPS) is 17.9. The number of fused-ring (bicyclic) bond motifs is 1. The van der Waals surface area contributed by atoms with Crippen LogP contribution in [-0.2, 0) is 5.41 Å². The number of rotatable bonds is 7. The molecule has 2 aromatic carbocycles. The summed E-state index contributed by atoms with van der Waals surface area (Å²) in [5.74, 6) is 2.44. The summed E-state index contributed by atoms with van der Waals surface area (Å²) in [6.45, 7) is 1.82. The molecule has 2 aliphatic rings. The molecule has 1 saturated carbocycles. The molecule has 2 aromatic rings. The van der Waals surface area contributed by atoms with E-state index in [0.717, 1.165) is 42.4 Å². The molecule has 1 aliphatic carbocycles. The van der Waals surface area contributed by atoms with Crippen LogP contribution in [0.5, 0.6) is 11.5 Å². The Morgan fingerprint density at radius 1 is 1.11 bits per heavy atom. The fraction of sp³-hybridized carbons (Fsp3) is 0.409. The molecule has 1 aliphatic heterocycles. The number of aliphatic hydroxyl groups excluding tert-OH is 1. The second-order valence-electron chi connectivity index (χ2n) is 7.45. The fourth-order valence-corrected chi connectivity index (χ4v) is 3.65. The van der Waals surface area contributed by atoms with Gasteiger partial charge < -0.3 is 25.2 Å². The van der Waals surface area contributed by atoms with Crippen molar-refractivity contribution in [2.24, 2.45) is 4.99 Å². The van der Waals surface area contributed by atoms with Gasteiger partial charge in [0.25, 0.3) is 0 Å². The maximum Gasteiger partial charge on any atom is 0.231 e. The Labute approximate surface area is 165 Å². The Bertz CT molecular complexity index is 834. The van der Waals surface area contributed by atoms with Gasteiger partial charge in [-0.05, 0) is 36.1 Å². The van der Waals surface area contributed by atoms with Gasteiger partial charge in [0.2, 0.25) is 6.79 Å². The van der Waals surface area contributed by atoms with Gasteiger partial charge in [0.15, 0.2) is 17.5 Å². The van der Waals surface area contributed by atoms with E-state index < -0.39 is 0 Å². The summed E-state index contributed by atoms with van der Waals surface area (Å²) in [6.07, 6.45) is 2.28. The third-order valence-electron chi connectivity index (χ3n) is 5.66. The van der Waals surface area contributed by atoms with Crippen molar-refractivity contribution in [2.75, 3.05) is 33.5 Å². The first kappa shape index (κ1) is 18.6. The molecular weight excluding hydrogens is 354 g/mol. The lowest BCUT2D eigenvalue weighted by atomic mass is 9.95. The van der Waals surface area contributed by atoms with Gasteiger partial charge in [-0.25, -0.2) is 0 Å². The van der Waals surface area contributed by atoms with Crippen molar-refractivity contribution in [3.05, 3.63) is 59.7 Å². The van der Waals surface area contributed by atoms with Crippen molar-refractivity contribution in [1.82, 2.24) is 10.6 Å². The van der Waals surface area contributed by atoms with E-state index in [1.807, 2.05) is 36.4 Å². The first-order valence-electron chi connectivity index (χ1n) is 9.74. The summed E-state index contributed by atoms with van der Waals surface area (Å²) in [7, 11) is 1.77. The standard InChI is InChI=1S/C22H27N3O3/c1-23-21(24-12-17(13-26)16-5-3-2-4-6-16)25-14-22(9-10-22)18-7-8-19-20(11-18)28-15-27-19/h2-8,11,17,26H,9-10,12-15H2,1H3,(H2,23,24,25). The molecule has 0 bridgehead atoms. The highest BCUT2D eigenvalue weighted by Crippen LogP contribution is 2.49. The highest BCUT2D eigenvalue weighted by Gasteiger charge is 2.44. The molecule has 28 heavy (non-hydrogen) atoms. The van der Waals surface area contributed by atoms with E-state index >= 15 is 0 Å². The quantitative estimate of drug-likeness (QED) is 0.507. The summed E-state index contributed by atoms with van der Waals surface area (Å²) in [6, 6.07) is 16.3. The summed E-state index contributed by atoms with van der Waals surface area (Å²) < 4.78 is 10.9. The van der Waals surface area contributed by atoms with E-state index in [1.54, 1.807) is 7.05 Å². The molecule has 6 heteroatoms. The van der Waals surface area contributed by atoms with Crippen LogP contribution in [0.4, 0.5) is 0 Å². The van der Waals surface area contributed by atoms with Gasteiger partial charge in [0.1, 0.15) is 0 Å². The van der Waals surface area contributed by atoms with E-state index in [1.165, 1.54) is 5.56 Å². The lowest BCUT2D eigenvalue weighted by Crippen LogP contribution is -2.43. The van der Waals surface area contributed by atoms with Crippen LogP contribution in [0.2, 0.25) is 0 Å². The van der Waals surface area contributed by atoms with Crippen LogP contribution in [0.15, 0.2) is 53.5 Å². The monoisotopic (exact) mass is 381 g/mol. The summed E-state index contributed by atoms with van der Waals surface area (Å²) in [4.78, 5) is 4.34. The Balaban J connectivity index is 1.34. The van der Waals surface area contributed by atoms with Crippen molar-refractivity contribution in [1.29, 1.82) is 0 Å². The van der Waals surface area contributed by atoms with Crippen LogP contribution in [0.25, 0.3) is 0 Å². The average molecular weight is 381 g/mol. The molecule has 3 N–H and O–H groups in total. The number of guanidine groups is 1. The molecule has 0 aromatic heterocycles. The predicted octanol–water partition coefficient (Wildman–Crippen LogP) is 2.39. The molecule has 1 atom stereocenters. The van der Waals surface area contributed by atoms with Gasteiger partial charge >= 0.3 is 0 Å². The lowest BCUT2D eigenvalue weighted by Gasteiger charge is -2.21. The van der Waals surface area contributed by atoms with Crippen molar-refractivity contribution >= 4 is 5.96 Å². The first-order valence-corrected chi connectivity index (χ1v) is 9.74. The number of nitrogens with one attached hydrogen (secondary N) is 2. The Kier molecular flexibility index (Phi) is 5.39. The zero-order chi connectivity index (χ0) is 19.4. The van der Waals surface area contributed by atoms with Crippen LogP contribution in [0.3, 0.4) is 0 Å². The number of aliphatic hydroxyl groups is 1. The largest absolute Gasteiger partial charge is 0.454 e. The molecule has 0 amide bonds.